The maximum atomic E-state index is 5.98. The Morgan fingerprint density at radius 3 is 2.79 bits per heavy atom. The molecule has 0 aliphatic heterocycles. The molecule has 0 aliphatic carbocycles. The van der Waals surface area contributed by atoms with Gasteiger partial charge in [0, 0.05) is 20.2 Å². The highest BCUT2D eigenvalue weighted by Crippen LogP contribution is 2.28. The van der Waals surface area contributed by atoms with Crippen LogP contribution in [-0.2, 0) is 6.54 Å². The van der Waals surface area contributed by atoms with Gasteiger partial charge in [-0.1, -0.05) is 11.6 Å². The van der Waals surface area contributed by atoms with Crippen molar-refractivity contribution in [1.82, 2.24) is 4.98 Å². The summed E-state index contributed by atoms with van der Waals surface area (Å²) in [5, 5.41) is 3.92. The number of nitrogens with zero attached hydrogens (tertiary/aromatic N) is 1. The molecule has 0 atom stereocenters. The number of ether oxygens (including phenoxy) is 1. The van der Waals surface area contributed by atoms with Gasteiger partial charge in [-0.05, 0) is 56.1 Å². The molecule has 0 saturated carbocycles. The third-order valence-electron chi connectivity index (χ3n) is 2.49. The number of hydrogen-bond acceptors (Lipinski definition) is 3. The van der Waals surface area contributed by atoms with Gasteiger partial charge < -0.3 is 10.1 Å². The fourth-order valence-electron chi connectivity index (χ4n) is 1.57. The number of pyridine rings is 1. The summed E-state index contributed by atoms with van der Waals surface area (Å²) in [6, 6.07) is 7.40. The van der Waals surface area contributed by atoms with Gasteiger partial charge in [-0.15, -0.1) is 0 Å². The second-order valence-electron chi connectivity index (χ2n) is 3.78. The van der Waals surface area contributed by atoms with Crippen LogP contribution in [0.3, 0.4) is 0 Å². The van der Waals surface area contributed by atoms with Gasteiger partial charge >= 0.3 is 0 Å². The average molecular weight is 407 g/mol. The number of nitrogens with one attached hydrogen (secondary N) is 1. The highest BCUT2D eigenvalue weighted by atomic mass is 79.9. The zero-order chi connectivity index (χ0) is 13.8. The third kappa shape index (κ3) is 3.84. The van der Waals surface area contributed by atoms with Crippen molar-refractivity contribution in [3.63, 3.8) is 0 Å². The molecular weight excluding hydrogens is 395 g/mol. The first-order valence-corrected chi connectivity index (χ1v) is 7.44. The van der Waals surface area contributed by atoms with E-state index in [2.05, 4.69) is 42.2 Å². The number of aromatic nitrogens is 1. The maximum absolute atomic E-state index is 5.98. The molecule has 6 heteroatoms. The molecule has 0 bridgehead atoms. The van der Waals surface area contributed by atoms with Crippen LogP contribution in [0.5, 0.6) is 5.75 Å². The standard InChI is InChI=1S/C13H11Br2ClN2O/c1-19-13-3-2-9(16)5-11(13)18-7-12-10(15)4-8(14)6-17-12/h2-6,18H,7H2,1H3. The van der Waals surface area contributed by atoms with E-state index in [1.54, 1.807) is 19.4 Å². The predicted octanol–water partition coefficient (Wildman–Crippen LogP) is 4.88. The van der Waals surface area contributed by atoms with Gasteiger partial charge in [-0.25, -0.2) is 0 Å². The summed E-state index contributed by atoms with van der Waals surface area (Å²) in [7, 11) is 1.63. The summed E-state index contributed by atoms with van der Waals surface area (Å²) >= 11 is 12.8. The van der Waals surface area contributed by atoms with Gasteiger partial charge in [-0.2, -0.15) is 0 Å². The first-order valence-electron chi connectivity index (χ1n) is 5.47. The Hall–Kier alpha value is -0.780. The third-order valence-corrected chi connectivity index (χ3v) is 3.85. The molecule has 1 aromatic heterocycles. The van der Waals surface area contributed by atoms with Gasteiger partial charge in [0.2, 0.25) is 0 Å². The van der Waals surface area contributed by atoms with Crippen LogP contribution in [0.4, 0.5) is 5.69 Å². The molecule has 0 fully saturated rings. The minimum Gasteiger partial charge on any atom is -0.495 e. The van der Waals surface area contributed by atoms with Crippen LogP contribution < -0.4 is 10.1 Å². The van der Waals surface area contributed by atoms with Gasteiger partial charge in [0.05, 0.1) is 25.0 Å². The van der Waals surface area contributed by atoms with Crippen LogP contribution in [0.1, 0.15) is 5.69 Å². The lowest BCUT2D eigenvalue weighted by atomic mass is 10.2. The Bertz CT molecular complexity index is 593. The highest BCUT2D eigenvalue weighted by Gasteiger charge is 2.06. The lowest BCUT2D eigenvalue weighted by Crippen LogP contribution is -2.04. The number of anilines is 1. The highest BCUT2D eigenvalue weighted by molar-refractivity contribution is 9.11. The zero-order valence-corrected chi connectivity index (χ0v) is 14.0. The molecule has 0 unspecified atom stereocenters. The Morgan fingerprint density at radius 1 is 1.32 bits per heavy atom. The van der Waals surface area contributed by atoms with Crippen LogP contribution in [-0.4, -0.2) is 12.1 Å². The average Bonchev–Trinajstić information content (AvgIpc) is 2.38. The number of halogens is 3. The summed E-state index contributed by atoms with van der Waals surface area (Å²) in [5.74, 6) is 0.748. The van der Waals surface area contributed by atoms with E-state index < -0.39 is 0 Å². The monoisotopic (exact) mass is 404 g/mol. The van der Waals surface area contributed by atoms with E-state index in [4.69, 9.17) is 16.3 Å². The summed E-state index contributed by atoms with van der Waals surface area (Å²) in [5.41, 5.74) is 1.75. The Kier molecular flexibility index (Phi) is 5.07. The van der Waals surface area contributed by atoms with Crippen LogP contribution in [0, 0.1) is 0 Å². The molecular formula is C13H11Br2ClN2O. The SMILES string of the molecule is COc1ccc(Cl)cc1NCc1ncc(Br)cc1Br. The molecule has 0 saturated heterocycles. The van der Waals surface area contributed by atoms with E-state index in [1.807, 2.05) is 18.2 Å². The first kappa shape index (κ1) is 14.6. The van der Waals surface area contributed by atoms with Crippen LogP contribution in [0.15, 0.2) is 39.4 Å². The van der Waals surface area contributed by atoms with Crippen molar-refractivity contribution in [2.24, 2.45) is 0 Å². The van der Waals surface area contributed by atoms with Crippen LogP contribution in [0.2, 0.25) is 5.02 Å². The molecule has 2 aromatic rings. The Labute approximate surface area is 133 Å². The van der Waals surface area contributed by atoms with E-state index in [9.17, 15) is 0 Å². The molecule has 0 spiro atoms. The molecule has 3 nitrogen and oxygen atoms in total. The van der Waals surface area contributed by atoms with E-state index in [-0.39, 0.29) is 0 Å². The zero-order valence-electron chi connectivity index (χ0n) is 10.1. The van der Waals surface area contributed by atoms with Crippen LogP contribution in [0.25, 0.3) is 0 Å². The van der Waals surface area contributed by atoms with E-state index in [0.717, 1.165) is 26.1 Å². The molecule has 19 heavy (non-hydrogen) atoms. The van der Waals surface area contributed by atoms with Crippen molar-refractivity contribution in [2.75, 3.05) is 12.4 Å². The van der Waals surface area contributed by atoms with E-state index in [0.29, 0.717) is 11.6 Å². The summed E-state index contributed by atoms with van der Waals surface area (Å²) < 4.78 is 7.15. The van der Waals surface area contributed by atoms with E-state index >= 15 is 0 Å². The summed E-state index contributed by atoms with van der Waals surface area (Å²) in [6.45, 7) is 0.574. The van der Waals surface area contributed by atoms with Crippen molar-refractivity contribution in [3.05, 3.63) is 50.1 Å². The molecule has 0 aliphatic rings. The number of rotatable bonds is 4. The number of benzene rings is 1. The number of methoxy groups -OCH3 is 1. The Morgan fingerprint density at radius 2 is 2.11 bits per heavy atom. The van der Waals surface area contributed by atoms with Crippen LogP contribution >= 0.6 is 43.5 Å². The van der Waals surface area contributed by atoms with Crippen molar-refractivity contribution >= 4 is 49.1 Å². The lowest BCUT2D eigenvalue weighted by Gasteiger charge is -2.12. The molecule has 1 N–H and O–H groups in total. The molecule has 0 radical (unpaired) electrons. The largest absolute Gasteiger partial charge is 0.495 e. The molecule has 0 amide bonds. The second kappa shape index (κ2) is 6.59. The van der Waals surface area contributed by atoms with Gasteiger partial charge in [-0.3, -0.25) is 4.98 Å². The second-order valence-corrected chi connectivity index (χ2v) is 5.99. The maximum Gasteiger partial charge on any atom is 0.142 e. The molecule has 1 heterocycles. The van der Waals surface area contributed by atoms with Crippen molar-refractivity contribution in [3.8, 4) is 5.75 Å². The fraction of sp³-hybridized carbons (Fsp3) is 0.154. The lowest BCUT2D eigenvalue weighted by molar-refractivity contribution is 0.416. The van der Waals surface area contributed by atoms with Gasteiger partial charge in [0.15, 0.2) is 0 Å². The minimum absolute atomic E-state index is 0.574. The van der Waals surface area contributed by atoms with Gasteiger partial charge in [0.1, 0.15) is 5.75 Å². The molecule has 100 valence electrons. The predicted molar refractivity (Wildman–Crippen MR) is 85.0 cm³/mol. The summed E-state index contributed by atoms with van der Waals surface area (Å²) in [4.78, 5) is 4.34. The van der Waals surface area contributed by atoms with Crippen molar-refractivity contribution < 1.29 is 4.74 Å². The minimum atomic E-state index is 0.574. The first-order chi connectivity index (χ1) is 9.10. The number of hydrogen-bond donors (Lipinski definition) is 1. The van der Waals surface area contributed by atoms with Gasteiger partial charge in [0.25, 0.3) is 0 Å². The summed E-state index contributed by atoms with van der Waals surface area (Å²) in [6.07, 6.45) is 1.76. The van der Waals surface area contributed by atoms with Crippen molar-refractivity contribution in [2.45, 2.75) is 6.54 Å². The molecule has 1 aromatic carbocycles. The van der Waals surface area contributed by atoms with E-state index in [1.165, 1.54) is 0 Å². The topological polar surface area (TPSA) is 34.1 Å². The normalized spacial score (nSPS) is 10.3. The van der Waals surface area contributed by atoms with Crippen molar-refractivity contribution in [1.29, 1.82) is 0 Å². The Balaban J connectivity index is 2.16. The quantitative estimate of drug-likeness (QED) is 0.786. The smallest absolute Gasteiger partial charge is 0.142 e. The fourth-order valence-corrected chi connectivity index (χ4v) is 2.87. The molecule has 2 rings (SSSR count).